The number of halogens is 1. The van der Waals surface area contributed by atoms with Crippen LogP contribution in [0, 0.1) is 10.1 Å². The molecule has 0 aliphatic heterocycles. The average Bonchev–Trinajstić information content (AvgIpc) is 3.03. The molecule has 0 atom stereocenters. The molecule has 3 rings (SSSR count). The van der Waals surface area contributed by atoms with Gasteiger partial charge in [0.1, 0.15) is 0 Å². The second kappa shape index (κ2) is 6.93. The van der Waals surface area contributed by atoms with Crippen LogP contribution in [0.2, 0.25) is 0 Å². The fourth-order valence-corrected chi connectivity index (χ4v) is 2.85. The lowest BCUT2D eigenvalue weighted by atomic mass is 10.2. The SMILES string of the molecule is O=[N+]([O-])c1cccc(CSc2nnc(-c3ccc(Br)cc3)o2)c1. The van der Waals surface area contributed by atoms with Crippen LogP contribution in [0.3, 0.4) is 0 Å². The molecule has 0 aliphatic rings. The van der Waals surface area contributed by atoms with Gasteiger partial charge < -0.3 is 4.42 Å². The number of non-ortho nitro benzene ring substituents is 1. The average molecular weight is 392 g/mol. The molecule has 0 amide bonds. The molecule has 2 aromatic carbocycles. The third-order valence-electron chi connectivity index (χ3n) is 2.98. The quantitative estimate of drug-likeness (QED) is 0.356. The van der Waals surface area contributed by atoms with Crippen molar-refractivity contribution in [1.82, 2.24) is 10.2 Å². The first-order valence-electron chi connectivity index (χ1n) is 6.57. The number of hydrogen-bond donors (Lipinski definition) is 0. The molecule has 1 heterocycles. The van der Waals surface area contributed by atoms with Gasteiger partial charge in [0, 0.05) is 27.9 Å². The van der Waals surface area contributed by atoms with Gasteiger partial charge in [-0.2, -0.15) is 0 Å². The Kier molecular flexibility index (Phi) is 4.73. The fraction of sp³-hybridized carbons (Fsp3) is 0.0667. The number of benzene rings is 2. The molecular formula is C15H10BrN3O3S. The monoisotopic (exact) mass is 391 g/mol. The minimum absolute atomic E-state index is 0.0733. The number of thioether (sulfide) groups is 1. The van der Waals surface area contributed by atoms with Crippen LogP contribution in [0.25, 0.3) is 11.5 Å². The third-order valence-corrected chi connectivity index (χ3v) is 4.40. The molecule has 116 valence electrons. The summed E-state index contributed by atoms with van der Waals surface area (Å²) in [5.41, 5.74) is 1.74. The van der Waals surface area contributed by atoms with E-state index in [4.69, 9.17) is 4.42 Å². The fourth-order valence-electron chi connectivity index (χ4n) is 1.88. The van der Waals surface area contributed by atoms with Gasteiger partial charge in [-0.3, -0.25) is 10.1 Å². The third kappa shape index (κ3) is 3.96. The highest BCUT2D eigenvalue weighted by Crippen LogP contribution is 2.27. The van der Waals surface area contributed by atoms with E-state index in [1.54, 1.807) is 12.1 Å². The maximum atomic E-state index is 10.8. The maximum absolute atomic E-state index is 10.8. The molecule has 0 saturated heterocycles. The van der Waals surface area contributed by atoms with Crippen LogP contribution in [0.5, 0.6) is 0 Å². The van der Waals surface area contributed by atoms with Gasteiger partial charge in [0.05, 0.1) is 4.92 Å². The van der Waals surface area contributed by atoms with Crippen molar-refractivity contribution in [1.29, 1.82) is 0 Å². The molecule has 0 fully saturated rings. The highest BCUT2D eigenvalue weighted by atomic mass is 79.9. The van der Waals surface area contributed by atoms with Crippen LogP contribution in [-0.4, -0.2) is 15.1 Å². The number of nitro groups is 1. The molecule has 0 aliphatic carbocycles. The lowest BCUT2D eigenvalue weighted by Gasteiger charge is -1.98. The van der Waals surface area contributed by atoms with Crippen LogP contribution >= 0.6 is 27.7 Å². The Morgan fingerprint density at radius 3 is 2.70 bits per heavy atom. The predicted molar refractivity (Wildman–Crippen MR) is 90.1 cm³/mol. The van der Waals surface area contributed by atoms with Gasteiger partial charge in [-0.25, -0.2) is 0 Å². The van der Waals surface area contributed by atoms with Crippen molar-refractivity contribution in [2.45, 2.75) is 11.0 Å². The smallest absolute Gasteiger partial charge is 0.277 e. The van der Waals surface area contributed by atoms with Gasteiger partial charge >= 0.3 is 0 Å². The summed E-state index contributed by atoms with van der Waals surface area (Å²) in [6.45, 7) is 0. The summed E-state index contributed by atoms with van der Waals surface area (Å²) in [7, 11) is 0. The van der Waals surface area contributed by atoms with E-state index in [9.17, 15) is 10.1 Å². The molecule has 1 aromatic heterocycles. The van der Waals surface area contributed by atoms with E-state index in [-0.39, 0.29) is 5.69 Å². The Morgan fingerprint density at radius 2 is 1.96 bits per heavy atom. The van der Waals surface area contributed by atoms with E-state index in [0.29, 0.717) is 16.9 Å². The standard InChI is InChI=1S/C15H10BrN3O3S/c16-12-6-4-11(5-7-12)14-17-18-15(22-14)23-9-10-2-1-3-13(8-10)19(20)21/h1-8H,9H2. The highest BCUT2D eigenvalue weighted by molar-refractivity contribution is 9.10. The Bertz CT molecular complexity index is 836. The Hall–Kier alpha value is -2.19. The molecule has 23 heavy (non-hydrogen) atoms. The molecule has 0 bridgehead atoms. The second-order valence-corrected chi connectivity index (χ2v) is 6.44. The van der Waals surface area contributed by atoms with E-state index >= 15 is 0 Å². The largest absolute Gasteiger partial charge is 0.411 e. The van der Waals surface area contributed by atoms with Crippen molar-refractivity contribution in [2.24, 2.45) is 0 Å². The van der Waals surface area contributed by atoms with Gasteiger partial charge in [0.15, 0.2) is 0 Å². The number of hydrogen-bond acceptors (Lipinski definition) is 6. The minimum atomic E-state index is -0.410. The summed E-state index contributed by atoms with van der Waals surface area (Å²) in [6, 6.07) is 14.1. The van der Waals surface area contributed by atoms with E-state index in [1.807, 2.05) is 30.3 Å². The minimum Gasteiger partial charge on any atom is -0.411 e. The zero-order valence-electron chi connectivity index (χ0n) is 11.7. The second-order valence-electron chi connectivity index (χ2n) is 4.60. The van der Waals surface area contributed by atoms with Crippen molar-refractivity contribution in [2.75, 3.05) is 0 Å². The number of nitro benzene ring substituents is 1. The van der Waals surface area contributed by atoms with Crippen LogP contribution in [0.15, 0.2) is 62.6 Å². The lowest BCUT2D eigenvalue weighted by Crippen LogP contribution is -1.89. The molecule has 6 nitrogen and oxygen atoms in total. The zero-order valence-corrected chi connectivity index (χ0v) is 14.1. The summed E-state index contributed by atoms with van der Waals surface area (Å²) in [5.74, 6) is 0.961. The molecule has 0 spiro atoms. The first-order valence-corrected chi connectivity index (χ1v) is 8.35. The summed E-state index contributed by atoms with van der Waals surface area (Å²) in [4.78, 5) is 10.4. The molecule has 0 radical (unpaired) electrons. The normalized spacial score (nSPS) is 10.7. The van der Waals surface area contributed by atoms with Crippen molar-refractivity contribution < 1.29 is 9.34 Å². The van der Waals surface area contributed by atoms with Crippen LogP contribution in [0.4, 0.5) is 5.69 Å². The van der Waals surface area contributed by atoms with E-state index in [1.165, 1.54) is 17.8 Å². The molecular weight excluding hydrogens is 382 g/mol. The van der Waals surface area contributed by atoms with Gasteiger partial charge in [-0.05, 0) is 29.8 Å². The summed E-state index contributed by atoms with van der Waals surface area (Å²) in [6.07, 6.45) is 0. The Labute approximate surface area is 144 Å². The molecule has 3 aromatic rings. The predicted octanol–water partition coefficient (Wildman–Crippen LogP) is 4.70. The lowest BCUT2D eigenvalue weighted by molar-refractivity contribution is -0.384. The van der Waals surface area contributed by atoms with E-state index < -0.39 is 4.92 Å². The number of aromatic nitrogens is 2. The Balaban J connectivity index is 1.69. The van der Waals surface area contributed by atoms with Gasteiger partial charge in [0.25, 0.3) is 10.9 Å². The summed E-state index contributed by atoms with van der Waals surface area (Å²) < 4.78 is 6.57. The van der Waals surface area contributed by atoms with Crippen LogP contribution < -0.4 is 0 Å². The molecule has 0 saturated carbocycles. The van der Waals surface area contributed by atoms with Crippen molar-refractivity contribution in [3.8, 4) is 11.5 Å². The molecule has 0 N–H and O–H groups in total. The van der Waals surface area contributed by atoms with Gasteiger partial charge in [0.2, 0.25) is 5.89 Å². The van der Waals surface area contributed by atoms with Crippen molar-refractivity contribution in [3.63, 3.8) is 0 Å². The maximum Gasteiger partial charge on any atom is 0.277 e. The van der Waals surface area contributed by atoms with E-state index in [0.717, 1.165) is 15.6 Å². The van der Waals surface area contributed by atoms with Gasteiger partial charge in [-0.1, -0.05) is 39.8 Å². The number of nitrogens with zero attached hydrogens (tertiary/aromatic N) is 3. The van der Waals surface area contributed by atoms with Gasteiger partial charge in [-0.15, -0.1) is 10.2 Å². The first-order chi connectivity index (χ1) is 11.1. The van der Waals surface area contributed by atoms with Crippen molar-refractivity contribution in [3.05, 3.63) is 68.7 Å². The van der Waals surface area contributed by atoms with Crippen molar-refractivity contribution >= 4 is 33.4 Å². The van der Waals surface area contributed by atoms with Crippen LogP contribution in [-0.2, 0) is 5.75 Å². The summed E-state index contributed by atoms with van der Waals surface area (Å²) in [5, 5.41) is 19.2. The number of rotatable bonds is 5. The zero-order chi connectivity index (χ0) is 16.2. The highest BCUT2D eigenvalue weighted by Gasteiger charge is 2.11. The Morgan fingerprint density at radius 1 is 1.17 bits per heavy atom. The first kappa shape index (κ1) is 15.7. The molecule has 8 heteroatoms. The summed E-state index contributed by atoms with van der Waals surface area (Å²) >= 11 is 4.71. The molecule has 0 unspecified atom stereocenters. The van der Waals surface area contributed by atoms with E-state index in [2.05, 4.69) is 26.1 Å². The van der Waals surface area contributed by atoms with Crippen LogP contribution in [0.1, 0.15) is 5.56 Å². The topological polar surface area (TPSA) is 82.1 Å².